The first-order valence-electron chi connectivity index (χ1n) is 8.64. The molecule has 1 atom stereocenters. The fourth-order valence-electron chi connectivity index (χ4n) is 3.34. The molecule has 1 saturated heterocycles. The first-order valence-corrected chi connectivity index (χ1v) is 9.62. The monoisotopic (exact) mass is 358 g/mol. The van der Waals surface area contributed by atoms with E-state index in [2.05, 4.69) is 30.5 Å². The molecule has 3 N–H and O–H groups in total. The molecule has 1 amide bonds. The van der Waals surface area contributed by atoms with Gasteiger partial charge in [-0.1, -0.05) is 0 Å². The minimum absolute atomic E-state index is 0.000472. The van der Waals surface area contributed by atoms with Gasteiger partial charge in [-0.2, -0.15) is 0 Å². The number of hydrogen-bond donors (Lipinski definition) is 3. The van der Waals surface area contributed by atoms with Crippen LogP contribution in [0, 0.1) is 6.92 Å². The molecule has 0 saturated carbocycles. The lowest BCUT2D eigenvalue weighted by atomic mass is 10.2. The van der Waals surface area contributed by atoms with Gasteiger partial charge < -0.3 is 20.5 Å². The van der Waals surface area contributed by atoms with Gasteiger partial charge in [-0.05, 0) is 31.9 Å². The van der Waals surface area contributed by atoms with E-state index in [9.17, 15) is 4.79 Å². The Morgan fingerprint density at radius 2 is 2.40 bits per heavy atom. The zero-order valence-electron chi connectivity index (χ0n) is 14.2. The summed E-state index contributed by atoms with van der Waals surface area (Å²) in [5, 5.41) is 7.47. The lowest BCUT2D eigenvalue weighted by molar-refractivity contribution is -0.116. The average Bonchev–Trinajstić information content (AvgIpc) is 3.30. The molecular formula is C17H22N6OS. The van der Waals surface area contributed by atoms with Crippen molar-refractivity contribution in [1.82, 2.24) is 25.6 Å². The first kappa shape index (κ1) is 16.4. The summed E-state index contributed by atoms with van der Waals surface area (Å²) in [5.74, 6) is 1.71. The molecule has 2 aromatic heterocycles. The summed E-state index contributed by atoms with van der Waals surface area (Å²) in [5.41, 5.74) is 1.93. The van der Waals surface area contributed by atoms with Gasteiger partial charge in [0, 0.05) is 37.3 Å². The van der Waals surface area contributed by atoms with Gasteiger partial charge in [-0.3, -0.25) is 4.79 Å². The van der Waals surface area contributed by atoms with E-state index in [0.717, 1.165) is 52.6 Å². The van der Waals surface area contributed by atoms with Crippen molar-refractivity contribution in [2.24, 2.45) is 0 Å². The number of rotatable bonds is 4. The summed E-state index contributed by atoms with van der Waals surface area (Å²) >= 11 is 1.60. The highest BCUT2D eigenvalue weighted by Gasteiger charge is 2.22. The van der Waals surface area contributed by atoms with Crippen LogP contribution in [0.1, 0.15) is 18.4 Å². The highest BCUT2D eigenvalue weighted by molar-refractivity contribution is 8.04. The fraction of sp³-hybridized carbons (Fsp3) is 0.471. The van der Waals surface area contributed by atoms with Crippen molar-refractivity contribution < 1.29 is 4.79 Å². The third kappa shape index (κ3) is 3.36. The molecule has 0 spiro atoms. The molecule has 8 heteroatoms. The topological polar surface area (TPSA) is 85.9 Å². The van der Waals surface area contributed by atoms with Crippen molar-refractivity contribution in [3.63, 3.8) is 0 Å². The number of nitrogens with zero attached hydrogens (tertiary/aromatic N) is 3. The second-order valence-electron chi connectivity index (χ2n) is 6.43. The summed E-state index contributed by atoms with van der Waals surface area (Å²) in [6.45, 7) is 4.59. The van der Waals surface area contributed by atoms with Crippen molar-refractivity contribution in [3.05, 3.63) is 29.2 Å². The lowest BCUT2D eigenvalue weighted by Gasteiger charge is -2.26. The average molecular weight is 358 g/mol. The van der Waals surface area contributed by atoms with Crippen LogP contribution in [0.2, 0.25) is 0 Å². The molecule has 0 bridgehead atoms. The SMILES string of the molecule is Cc1c[nH]c2ncnc(N3C=C(C(=O)NC[C@H]4CCCN4)SCC3)c12. The molecule has 25 heavy (non-hydrogen) atoms. The summed E-state index contributed by atoms with van der Waals surface area (Å²) in [6.07, 6.45) is 7.73. The fourth-order valence-corrected chi connectivity index (χ4v) is 4.25. The molecule has 2 aliphatic heterocycles. The number of hydrogen-bond acceptors (Lipinski definition) is 6. The van der Waals surface area contributed by atoms with E-state index < -0.39 is 0 Å². The van der Waals surface area contributed by atoms with E-state index in [1.54, 1.807) is 18.1 Å². The maximum atomic E-state index is 12.5. The summed E-state index contributed by atoms with van der Waals surface area (Å²) in [7, 11) is 0. The Bertz CT molecular complexity index is 811. The lowest BCUT2D eigenvalue weighted by Crippen LogP contribution is -2.38. The van der Waals surface area contributed by atoms with Gasteiger partial charge in [0.1, 0.15) is 17.8 Å². The first-order chi connectivity index (χ1) is 12.2. The number of carbonyl (C=O) groups excluding carboxylic acids is 1. The van der Waals surface area contributed by atoms with Crippen molar-refractivity contribution in [1.29, 1.82) is 0 Å². The zero-order valence-corrected chi connectivity index (χ0v) is 15.0. The van der Waals surface area contributed by atoms with Crippen LogP contribution < -0.4 is 15.5 Å². The Labute approximate surface area is 150 Å². The number of aromatic amines is 1. The van der Waals surface area contributed by atoms with Gasteiger partial charge in [0.15, 0.2) is 0 Å². The Hall–Kier alpha value is -2.06. The van der Waals surface area contributed by atoms with Crippen molar-refractivity contribution >= 4 is 34.5 Å². The Balaban J connectivity index is 1.53. The van der Waals surface area contributed by atoms with Gasteiger partial charge in [0.2, 0.25) is 0 Å². The standard InChI is InChI=1S/C17H22N6OS/c1-11-7-19-15-14(11)16(22-10-21-15)23-5-6-25-13(9-23)17(24)20-8-12-3-2-4-18-12/h7,9-10,12,18H,2-6,8H2,1H3,(H,20,24)(H,19,21,22)/t12-/m1/s1. The van der Waals surface area contributed by atoms with Crippen LogP contribution in [0.25, 0.3) is 11.0 Å². The molecule has 1 fully saturated rings. The number of carbonyl (C=O) groups is 1. The van der Waals surface area contributed by atoms with E-state index in [1.807, 2.05) is 19.3 Å². The van der Waals surface area contributed by atoms with E-state index in [0.29, 0.717) is 12.6 Å². The number of anilines is 1. The largest absolute Gasteiger partial charge is 0.350 e. The number of amides is 1. The second-order valence-corrected chi connectivity index (χ2v) is 7.57. The Kier molecular flexibility index (Phi) is 4.63. The Morgan fingerprint density at radius 1 is 1.48 bits per heavy atom. The number of thioether (sulfide) groups is 1. The van der Waals surface area contributed by atoms with E-state index in [-0.39, 0.29) is 5.91 Å². The molecule has 0 aliphatic carbocycles. The van der Waals surface area contributed by atoms with Crippen LogP contribution >= 0.6 is 11.8 Å². The molecule has 2 aromatic rings. The molecule has 0 unspecified atom stereocenters. The predicted octanol–water partition coefficient (Wildman–Crippen LogP) is 1.53. The molecule has 4 rings (SSSR count). The maximum absolute atomic E-state index is 12.5. The van der Waals surface area contributed by atoms with Crippen molar-refractivity contribution in [3.8, 4) is 0 Å². The van der Waals surface area contributed by atoms with E-state index in [1.165, 1.54) is 6.42 Å². The molecule has 4 heterocycles. The second kappa shape index (κ2) is 7.05. The number of H-pyrrole nitrogens is 1. The van der Waals surface area contributed by atoms with Gasteiger partial charge in [0.05, 0.1) is 10.3 Å². The van der Waals surface area contributed by atoms with Crippen LogP contribution in [0.3, 0.4) is 0 Å². The highest BCUT2D eigenvalue weighted by Crippen LogP contribution is 2.30. The number of nitrogens with one attached hydrogen (secondary N) is 3. The normalized spacial score (nSPS) is 20.8. The van der Waals surface area contributed by atoms with E-state index >= 15 is 0 Å². The van der Waals surface area contributed by atoms with Crippen LogP contribution in [0.5, 0.6) is 0 Å². The predicted molar refractivity (Wildman–Crippen MR) is 101 cm³/mol. The highest BCUT2D eigenvalue weighted by atomic mass is 32.2. The number of aromatic nitrogens is 3. The summed E-state index contributed by atoms with van der Waals surface area (Å²) in [6, 6.07) is 0.401. The van der Waals surface area contributed by atoms with Crippen LogP contribution in [0.15, 0.2) is 23.6 Å². The van der Waals surface area contributed by atoms with Crippen LogP contribution in [-0.4, -0.2) is 52.3 Å². The molecule has 132 valence electrons. The van der Waals surface area contributed by atoms with Gasteiger partial charge in [-0.25, -0.2) is 9.97 Å². The van der Waals surface area contributed by atoms with E-state index in [4.69, 9.17) is 0 Å². The zero-order chi connectivity index (χ0) is 17.2. The van der Waals surface area contributed by atoms with Gasteiger partial charge in [0.25, 0.3) is 5.91 Å². The summed E-state index contributed by atoms with van der Waals surface area (Å²) in [4.78, 5) is 27.2. The number of fused-ring (bicyclic) bond motifs is 1. The minimum Gasteiger partial charge on any atom is -0.350 e. The van der Waals surface area contributed by atoms with Gasteiger partial charge in [-0.15, -0.1) is 11.8 Å². The summed E-state index contributed by atoms with van der Waals surface area (Å²) < 4.78 is 0. The minimum atomic E-state index is -0.000472. The van der Waals surface area contributed by atoms with Crippen molar-refractivity contribution in [2.75, 3.05) is 30.3 Å². The Morgan fingerprint density at radius 3 is 3.24 bits per heavy atom. The van der Waals surface area contributed by atoms with Crippen LogP contribution in [-0.2, 0) is 4.79 Å². The molecule has 0 aromatic carbocycles. The third-order valence-corrected chi connectivity index (χ3v) is 5.67. The molecule has 0 radical (unpaired) electrons. The molecular weight excluding hydrogens is 336 g/mol. The van der Waals surface area contributed by atoms with Crippen molar-refractivity contribution in [2.45, 2.75) is 25.8 Å². The quantitative estimate of drug-likeness (QED) is 0.768. The third-order valence-electron chi connectivity index (χ3n) is 4.68. The smallest absolute Gasteiger partial charge is 0.259 e. The maximum Gasteiger partial charge on any atom is 0.259 e. The van der Waals surface area contributed by atoms with Gasteiger partial charge >= 0.3 is 0 Å². The van der Waals surface area contributed by atoms with Crippen LogP contribution in [0.4, 0.5) is 5.82 Å². The number of aryl methyl sites for hydroxylation is 1. The molecule has 2 aliphatic rings. The molecule has 7 nitrogen and oxygen atoms in total.